The third-order valence-electron chi connectivity index (χ3n) is 4.63. The van der Waals surface area contributed by atoms with Crippen LogP contribution in [0.1, 0.15) is 17.3 Å². The van der Waals surface area contributed by atoms with E-state index in [-0.39, 0.29) is 11.8 Å². The van der Waals surface area contributed by atoms with Gasteiger partial charge in [-0.1, -0.05) is 29.8 Å². The number of amides is 2. The van der Waals surface area contributed by atoms with Crippen molar-refractivity contribution in [1.29, 1.82) is 0 Å². The van der Waals surface area contributed by atoms with Gasteiger partial charge < -0.3 is 19.9 Å². The molecule has 0 aromatic heterocycles. The Balaban J connectivity index is 1.84. The van der Waals surface area contributed by atoms with Crippen molar-refractivity contribution < 1.29 is 14.3 Å². The lowest BCUT2D eigenvalue weighted by Crippen LogP contribution is -2.48. The van der Waals surface area contributed by atoms with Crippen molar-refractivity contribution in [3.8, 4) is 5.75 Å². The van der Waals surface area contributed by atoms with Gasteiger partial charge in [0, 0.05) is 33.1 Å². The van der Waals surface area contributed by atoms with Crippen LogP contribution in [0.4, 0.5) is 11.4 Å². The first-order valence-electron chi connectivity index (χ1n) is 8.74. The summed E-state index contributed by atoms with van der Waals surface area (Å²) in [4.78, 5) is 28.2. The topological polar surface area (TPSA) is 61.9 Å². The monoisotopic (exact) mass is 387 g/mol. The second-order valence-corrected chi connectivity index (χ2v) is 6.69. The Hall–Kier alpha value is -2.73. The summed E-state index contributed by atoms with van der Waals surface area (Å²) >= 11 is 6.45. The van der Waals surface area contributed by atoms with Crippen molar-refractivity contribution in [3.63, 3.8) is 0 Å². The second kappa shape index (κ2) is 8.31. The van der Waals surface area contributed by atoms with Gasteiger partial charge in [0.2, 0.25) is 5.91 Å². The number of methoxy groups -OCH3 is 1. The van der Waals surface area contributed by atoms with E-state index in [9.17, 15) is 9.59 Å². The third-order valence-corrected chi connectivity index (χ3v) is 4.93. The highest BCUT2D eigenvalue weighted by Crippen LogP contribution is 2.35. The molecule has 1 aliphatic heterocycles. The number of anilines is 2. The number of nitrogens with zero attached hydrogens (tertiary/aromatic N) is 2. The molecule has 0 radical (unpaired) electrons. The number of hydrogen-bond donors (Lipinski definition) is 1. The number of hydrogen-bond acceptors (Lipinski definition) is 4. The average molecular weight is 388 g/mol. The molecule has 0 atom stereocenters. The number of halogens is 1. The van der Waals surface area contributed by atoms with Crippen molar-refractivity contribution in [3.05, 3.63) is 53.1 Å². The molecule has 1 aliphatic rings. The molecule has 1 saturated heterocycles. The Labute approximate surface area is 163 Å². The standard InChI is InChI=1S/C20H22ClN3O3/c1-14(25)23-10-12-24(13-11-23)19-16(21)7-5-8-17(19)22-20(26)15-6-3-4-9-18(15)27-2/h3-9H,10-13H2,1-2H3,(H,22,26). The molecular weight excluding hydrogens is 366 g/mol. The lowest BCUT2D eigenvalue weighted by molar-refractivity contribution is -0.129. The molecule has 0 aliphatic carbocycles. The minimum absolute atomic E-state index is 0.0681. The molecule has 2 aromatic rings. The summed E-state index contributed by atoms with van der Waals surface area (Å²) in [6.07, 6.45) is 0. The van der Waals surface area contributed by atoms with Gasteiger partial charge in [-0.25, -0.2) is 0 Å². The van der Waals surface area contributed by atoms with Crippen molar-refractivity contribution >= 4 is 34.8 Å². The molecule has 0 spiro atoms. The quantitative estimate of drug-likeness (QED) is 0.874. The van der Waals surface area contributed by atoms with E-state index in [1.54, 1.807) is 42.2 Å². The molecule has 7 heteroatoms. The molecule has 142 valence electrons. The van der Waals surface area contributed by atoms with Crippen LogP contribution < -0.4 is 15.0 Å². The van der Waals surface area contributed by atoms with Gasteiger partial charge in [-0.3, -0.25) is 9.59 Å². The van der Waals surface area contributed by atoms with Gasteiger partial charge in [-0.2, -0.15) is 0 Å². The fourth-order valence-corrected chi connectivity index (χ4v) is 3.50. The van der Waals surface area contributed by atoms with Crippen LogP contribution in [-0.4, -0.2) is 50.0 Å². The Kier molecular flexibility index (Phi) is 5.86. The molecule has 0 saturated carbocycles. The SMILES string of the molecule is COc1ccccc1C(=O)Nc1cccc(Cl)c1N1CCN(C(C)=O)CC1. The highest BCUT2D eigenvalue weighted by molar-refractivity contribution is 6.34. The molecule has 0 unspecified atom stereocenters. The Bertz CT molecular complexity index is 848. The van der Waals surface area contributed by atoms with Crippen molar-refractivity contribution in [2.24, 2.45) is 0 Å². The zero-order valence-electron chi connectivity index (χ0n) is 15.4. The van der Waals surface area contributed by atoms with Crippen LogP contribution in [0.2, 0.25) is 5.02 Å². The Morgan fingerprint density at radius 1 is 1.04 bits per heavy atom. The van der Waals surface area contributed by atoms with Gasteiger partial charge in [0.1, 0.15) is 5.75 Å². The van der Waals surface area contributed by atoms with Crippen LogP contribution in [0.15, 0.2) is 42.5 Å². The van der Waals surface area contributed by atoms with Gasteiger partial charge in [0.05, 0.1) is 29.1 Å². The third kappa shape index (κ3) is 4.17. The molecule has 1 fully saturated rings. The predicted octanol–water partition coefficient (Wildman–Crippen LogP) is 3.27. The Morgan fingerprint density at radius 2 is 1.74 bits per heavy atom. The van der Waals surface area contributed by atoms with Crippen LogP contribution in [0.25, 0.3) is 0 Å². The van der Waals surface area contributed by atoms with Gasteiger partial charge >= 0.3 is 0 Å². The summed E-state index contributed by atoms with van der Waals surface area (Å²) in [5.74, 6) is 0.311. The minimum Gasteiger partial charge on any atom is -0.496 e. The molecule has 6 nitrogen and oxygen atoms in total. The van der Waals surface area contributed by atoms with Crippen LogP contribution in [0.5, 0.6) is 5.75 Å². The molecule has 1 heterocycles. The first-order valence-corrected chi connectivity index (χ1v) is 9.12. The zero-order valence-corrected chi connectivity index (χ0v) is 16.1. The molecule has 2 amide bonds. The van der Waals surface area contributed by atoms with E-state index >= 15 is 0 Å². The number of carbonyl (C=O) groups excluding carboxylic acids is 2. The molecular formula is C20H22ClN3O3. The summed E-state index contributed by atoms with van der Waals surface area (Å²) in [7, 11) is 1.53. The summed E-state index contributed by atoms with van der Waals surface area (Å²) in [5, 5.41) is 3.51. The summed E-state index contributed by atoms with van der Waals surface area (Å²) in [6.45, 7) is 4.13. The van der Waals surface area contributed by atoms with Gasteiger partial charge in [-0.15, -0.1) is 0 Å². The lowest BCUT2D eigenvalue weighted by atomic mass is 10.1. The maximum absolute atomic E-state index is 12.8. The maximum Gasteiger partial charge on any atom is 0.259 e. The summed E-state index contributed by atoms with van der Waals surface area (Å²) in [5.41, 5.74) is 1.85. The number of ether oxygens (including phenoxy) is 1. The van der Waals surface area contributed by atoms with Crippen LogP contribution in [0, 0.1) is 0 Å². The minimum atomic E-state index is -0.265. The molecule has 3 rings (SSSR count). The van der Waals surface area contributed by atoms with E-state index in [2.05, 4.69) is 10.2 Å². The predicted molar refractivity (Wildman–Crippen MR) is 107 cm³/mol. The first kappa shape index (κ1) is 19.0. The van der Waals surface area contributed by atoms with E-state index < -0.39 is 0 Å². The fraction of sp³-hybridized carbons (Fsp3) is 0.300. The maximum atomic E-state index is 12.8. The van der Waals surface area contributed by atoms with Crippen molar-refractivity contribution in [2.45, 2.75) is 6.92 Å². The van der Waals surface area contributed by atoms with E-state index in [4.69, 9.17) is 16.3 Å². The van der Waals surface area contributed by atoms with E-state index in [0.29, 0.717) is 48.2 Å². The van der Waals surface area contributed by atoms with Gasteiger partial charge in [0.15, 0.2) is 0 Å². The number of para-hydroxylation sites is 2. The fourth-order valence-electron chi connectivity index (χ4n) is 3.20. The summed E-state index contributed by atoms with van der Waals surface area (Å²) < 4.78 is 5.27. The number of piperazine rings is 1. The first-order chi connectivity index (χ1) is 13.0. The van der Waals surface area contributed by atoms with Crippen LogP contribution in [-0.2, 0) is 4.79 Å². The number of rotatable bonds is 4. The smallest absolute Gasteiger partial charge is 0.259 e. The van der Waals surface area contributed by atoms with E-state index in [1.165, 1.54) is 7.11 Å². The van der Waals surface area contributed by atoms with Crippen LogP contribution in [0.3, 0.4) is 0 Å². The van der Waals surface area contributed by atoms with Gasteiger partial charge in [0.25, 0.3) is 5.91 Å². The second-order valence-electron chi connectivity index (χ2n) is 6.28. The van der Waals surface area contributed by atoms with Crippen molar-refractivity contribution in [1.82, 2.24) is 4.90 Å². The molecule has 0 bridgehead atoms. The Morgan fingerprint density at radius 3 is 2.41 bits per heavy atom. The lowest BCUT2D eigenvalue weighted by Gasteiger charge is -2.37. The van der Waals surface area contributed by atoms with Crippen LogP contribution >= 0.6 is 11.6 Å². The molecule has 27 heavy (non-hydrogen) atoms. The van der Waals surface area contributed by atoms with E-state index in [1.807, 2.05) is 12.1 Å². The zero-order chi connectivity index (χ0) is 19.4. The average Bonchev–Trinajstić information content (AvgIpc) is 2.68. The number of benzene rings is 2. The highest BCUT2D eigenvalue weighted by Gasteiger charge is 2.23. The van der Waals surface area contributed by atoms with Gasteiger partial charge in [-0.05, 0) is 24.3 Å². The highest BCUT2D eigenvalue weighted by atomic mass is 35.5. The normalized spacial score (nSPS) is 14.0. The number of carbonyl (C=O) groups is 2. The largest absolute Gasteiger partial charge is 0.496 e. The molecule has 1 N–H and O–H groups in total. The van der Waals surface area contributed by atoms with Crippen molar-refractivity contribution in [2.75, 3.05) is 43.5 Å². The molecule has 2 aromatic carbocycles. The number of nitrogens with one attached hydrogen (secondary N) is 1. The van der Waals surface area contributed by atoms with E-state index in [0.717, 1.165) is 5.69 Å². The summed E-state index contributed by atoms with van der Waals surface area (Å²) in [6, 6.07) is 12.5.